The Balaban J connectivity index is 1.94. The first kappa shape index (κ1) is 15.6. The molecule has 0 saturated carbocycles. The standard InChI is InChI=1S/C19H20N4O2/c1-14-5-7-15(8-6-14)22-18-13-16(23(24)25)9-10-17(18)20-19(22)21-11-3-2-4-12-21/h5-10,13H,2-4,11-12H2,1H3. The number of rotatable bonds is 3. The minimum Gasteiger partial charge on any atom is -0.342 e. The van der Waals surface area contributed by atoms with Crippen molar-refractivity contribution in [3.63, 3.8) is 0 Å². The quantitative estimate of drug-likeness (QED) is 0.530. The van der Waals surface area contributed by atoms with Gasteiger partial charge in [-0.05, 0) is 44.4 Å². The molecule has 0 amide bonds. The van der Waals surface area contributed by atoms with E-state index in [9.17, 15) is 10.1 Å². The molecule has 128 valence electrons. The van der Waals surface area contributed by atoms with Gasteiger partial charge in [0.05, 0.1) is 16.0 Å². The average molecular weight is 336 g/mol. The fourth-order valence-electron chi connectivity index (χ4n) is 3.42. The van der Waals surface area contributed by atoms with Crippen LogP contribution in [0.15, 0.2) is 42.5 Å². The van der Waals surface area contributed by atoms with Crippen molar-refractivity contribution in [2.75, 3.05) is 18.0 Å². The predicted octanol–water partition coefficient (Wildman–Crippen LogP) is 4.23. The number of nitro groups is 1. The van der Waals surface area contributed by atoms with Crippen molar-refractivity contribution in [1.82, 2.24) is 9.55 Å². The number of fused-ring (bicyclic) bond motifs is 1. The molecule has 1 aliphatic heterocycles. The molecular formula is C19H20N4O2. The van der Waals surface area contributed by atoms with Crippen molar-refractivity contribution in [3.8, 4) is 5.69 Å². The van der Waals surface area contributed by atoms with E-state index in [2.05, 4.69) is 17.0 Å². The number of piperidine rings is 1. The summed E-state index contributed by atoms with van der Waals surface area (Å²) in [5, 5.41) is 11.2. The van der Waals surface area contributed by atoms with Crippen LogP contribution in [-0.4, -0.2) is 27.6 Å². The Hall–Kier alpha value is -2.89. The third-order valence-corrected chi connectivity index (χ3v) is 4.76. The van der Waals surface area contributed by atoms with E-state index in [1.54, 1.807) is 12.1 Å². The highest BCUT2D eigenvalue weighted by Gasteiger charge is 2.21. The number of hydrogen-bond acceptors (Lipinski definition) is 4. The first-order valence-electron chi connectivity index (χ1n) is 8.62. The van der Waals surface area contributed by atoms with E-state index < -0.39 is 0 Å². The minimum atomic E-state index is -0.355. The second kappa shape index (κ2) is 6.20. The zero-order chi connectivity index (χ0) is 17.4. The SMILES string of the molecule is Cc1ccc(-n2c(N3CCCCC3)nc3ccc([N+](=O)[O-])cc32)cc1. The van der Waals surface area contributed by atoms with Gasteiger partial charge in [-0.3, -0.25) is 14.7 Å². The second-order valence-electron chi connectivity index (χ2n) is 6.56. The Kier molecular flexibility index (Phi) is 3.87. The highest BCUT2D eigenvalue weighted by molar-refractivity contribution is 5.83. The number of anilines is 1. The number of non-ortho nitro benzene ring substituents is 1. The molecule has 1 fully saturated rings. The number of aromatic nitrogens is 2. The highest BCUT2D eigenvalue weighted by Crippen LogP contribution is 2.31. The minimum absolute atomic E-state index is 0.0888. The number of hydrogen-bond donors (Lipinski definition) is 0. The van der Waals surface area contributed by atoms with Crippen molar-refractivity contribution in [2.45, 2.75) is 26.2 Å². The van der Waals surface area contributed by atoms with Crippen LogP contribution in [0, 0.1) is 17.0 Å². The Morgan fingerprint density at radius 2 is 1.76 bits per heavy atom. The Labute approximate surface area is 145 Å². The van der Waals surface area contributed by atoms with Crippen LogP contribution < -0.4 is 4.90 Å². The third kappa shape index (κ3) is 2.84. The molecule has 2 aromatic carbocycles. The number of nitrogens with zero attached hydrogens (tertiary/aromatic N) is 4. The van der Waals surface area contributed by atoms with E-state index in [4.69, 9.17) is 4.98 Å². The fraction of sp³-hybridized carbons (Fsp3) is 0.316. The molecule has 1 aromatic heterocycles. The van der Waals surface area contributed by atoms with E-state index in [-0.39, 0.29) is 10.6 Å². The van der Waals surface area contributed by atoms with Crippen molar-refractivity contribution in [2.24, 2.45) is 0 Å². The van der Waals surface area contributed by atoms with Gasteiger partial charge in [-0.2, -0.15) is 0 Å². The lowest BCUT2D eigenvalue weighted by molar-refractivity contribution is -0.384. The third-order valence-electron chi connectivity index (χ3n) is 4.76. The maximum atomic E-state index is 11.2. The largest absolute Gasteiger partial charge is 0.342 e. The molecule has 1 saturated heterocycles. The van der Waals surface area contributed by atoms with Crippen molar-refractivity contribution in [3.05, 3.63) is 58.1 Å². The van der Waals surface area contributed by atoms with Gasteiger partial charge in [0.2, 0.25) is 5.95 Å². The number of benzene rings is 2. The Bertz CT molecular complexity index is 924. The van der Waals surface area contributed by atoms with Crippen LogP contribution in [-0.2, 0) is 0 Å². The van der Waals surface area contributed by atoms with Gasteiger partial charge in [-0.25, -0.2) is 4.98 Å². The molecule has 0 spiro atoms. The average Bonchev–Trinajstić information content (AvgIpc) is 3.02. The zero-order valence-corrected chi connectivity index (χ0v) is 14.2. The Morgan fingerprint density at radius 3 is 2.44 bits per heavy atom. The summed E-state index contributed by atoms with van der Waals surface area (Å²) in [5.41, 5.74) is 3.81. The summed E-state index contributed by atoms with van der Waals surface area (Å²) in [4.78, 5) is 17.9. The first-order chi connectivity index (χ1) is 12.1. The number of imidazole rings is 1. The smallest absolute Gasteiger partial charge is 0.271 e. The van der Waals surface area contributed by atoms with Crippen molar-refractivity contribution in [1.29, 1.82) is 0 Å². The molecule has 25 heavy (non-hydrogen) atoms. The summed E-state index contributed by atoms with van der Waals surface area (Å²) >= 11 is 0. The molecular weight excluding hydrogens is 316 g/mol. The lowest BCUT2D eigenvalue weighted by Gasteiger charge is -2.28. The molecule has 0 aliphatic carbocycles. The van der Waals surface area contributed by atoms with Crippen LogP contribution >= 0.6 is 0 Å². The van der Waals surface area contributed by atoms with Gasteiger partial charge >= 0.3 is 0 Å². The maximum absolute atomic E-state index is 11.2. The van der Waals surface area contributed by atoms with Crippen LogP contribution in [0.5, 0.6) is 0 Å². The second-order valence-corrected chi connectivity index (χ2v) is 6.56. The van der Waals surface area contributed by atoms with E-state index in [0.717, 1.165) is 48.6 Å². The van der Waals surface area contributed by atoms with Gasteiger partial charge in [0.15, 0.2) is 0 Å². The molecule has 0 N–H and O–H groups in total. The maximum Gasteiger partial charge on any atom is 0.271 e. The molecule has 0 bridgehead atoms. The van der Waals surface area contributed by atoms with Crippen molar-refractivity contribution < 1.29 is 4.92 Å². The predicted molar refractivity (Wildman–Crippen MR) is 98.5 cm³/mol. The van der Waals surface area contributed by atoms with Gasteiger partial charge in [0.1, 0.15) is 0 Å². The first-order valence-corrected chi connectivity index (χ1v) is 8.62. The summed E-state index contributed by atoms with van der Waals surface area (Å²) in [6.45, 7) is 3.99. The van der Waals surface area contributed by atoms with Crippen LogP contribution in [0.3, 0.4) is 0 Å². The van der Waals surface area contributed by atoms with Crippen LogP contribution in [0.1, 0.15) is 24.8 Å². The monoisotopic (exact) mass is 336 g/mol. The summed E-state index contributed by atoms with van der Waals surface area (Å²) in [7, 11) is 0. The number of nitro benzene ring substituents is 1. The summed E-state index contributed by atoms with van der Waals surface area (Å²) < 4.78 is 2.05. The normalized spacial score (nSPS) is 14.8. The molecule has 2 heterocycles. The summed E-state index contributed by atoms with van der Waals surface area (Å²) in [6.07, 6.45) is 3.54. The highest BCUT2D eigenvalue weighted by atomic mass is 16.6. The van der Waals surface area contributed by atoms with Gasteiger partial charge in [-0.15, -0.1) is 0 Å². The molecule has 0 unspecified atom stereocenters. The van der Waals surface area contributed by atoms with E-state index in [1.165, 1.54) is 18.1 Å². The van der Waals surface area contributed by atoms with Crippen LogP contribution in [0.2, 0.25) is 0 Å². The van der Waals surface area contributed by atoms with Crippen molar-refractivity contribution >= 4 is 22.7 Å². The molecule has 3 aromatic rings. The van der Waals surface area contributed by atoms with Gasteiger partial charge in [0, 0.05) is 30.9 Å². The number of aryl methyl sites for hydroxylation is 1. The molecule has 6 nitrogen and oxygen atoms in total. The summed E-state index contributed by atoms with van der Waals surface area (Å²) in [5.74, 6) is 0.874. The summed E-state index contributed by atoms with van der Waals surface area (Å²) in [6, 6.07) is 13.1. The fourth-order valence-corrected chi connectivity index (χ4v) is 3.42. The van der Waals surface area contributed by atoms with Gasteiger partial charge < -0.3 is 4.90 Å². The van der Waals surface area contributed by atoms with Gasteiger partial charge in [-0.1, -0.05) is 17.7 Å². The zero-order valence-electron chi connectivity index (χ0n) is 14.2. The molecule has 0 atom stereocenters. The topological polar surface area (TPSA) is 64.2 Å². The van der Waals surface area contributed by atoms with Crippen LogP contribution in [0.4, 0.5) is 11.6 Å². The lowest BCUT2D eigenvalue weighted by atomic mass is 10.1. The van der Waals surface area contributed by atoms with Crippen LogP contribution in [0.25, 0.3) is 16.7 Å². The Morgan fingerprint density at radius 1 is 1.04 bits per heavy atom. The van der Waals surface area contributed by atoms with E-state index >= 15 is 0 Å². The lowest BCUT2D eigenvalue weighted by Crippen LogP contribution is -2.31. The molecule has 6 heteroatoms. The molecule has 1 aliphatic rings. The van der Waals surface area contributed by atoms with Gasteiger partial charge in [0.25, 0.3) is 5.69 Å². The van der Waals surface area contributed by atoms with E-state index in [0.29, 0.717) is 0 Å². The molecule has 0 radical (unpaired) electrons. The molecule has 4 rings (SSSR count). The van der Waals surface area contributed by atoms with E-state index in [1.807, 2.05) is 23.6 Å².